The molecule has 1 heterocycles. The second kappa shape index (κ2) is 5.21. The molecule has 5 nitrogen and oxygen atoms in total. The lowest BCUT2D eigenvalue weighted by Crippen LogP contribution is -2.10. The Kier molecular flexibility index (Phi) is 3.25. The minimum atomic E-state index is 0.392. The molecule has 5 heteroatoms. The highest BCUT2D eigenvalue weighted by Crippen LogP contribution is 2.26. The standard InChI is InChI=1S/C15H16N4O/c1-10(11-5-3-2-4-6-11)9-17-13-8-7-12(16)14-15(13)19-20-18-14/h2-8,10,17H,9,16H2,1H3. The summed E-state index contributed by atoms with van der Waals surface area (Å²) in [5.41, 5.74) is 9.85. The van der Waals surface area contributed by atoms with E-state index in [4.69, 9.17) is 10.4 Å². The predicted molar refractivity (Wildman–Crippen MR) is 79.6 cm³/mol. The molecule has 0 amide bonds. The van der Waals surface area contributed by atoms with Gasteiger partial charge in [0.05, 0.1) is 11.4 Å². The van der Waals surface area contributed by atoms with Crippen molar-refractivity contribution in [2.24, 2.45) is 0 Å². The third-order valence-corrected chi connectivity index (χ3v) is 3.41. The maximum Gasteiger partial charge on any atom is 0.160 e. The van der Waals surface area contributed by atoms with Gasteiger partial charge in [0.25, 0.3) is 0 Å². The smallest absolute Gasteiger partial charge is 0.160 e. The van der Waals surface area contributed by atoms with E-state index in [0.29, 0.717) is 22.6 Å². The number of nitrogens with zero attached hydrogens (tertiary/aromatic N) is 2. The quantitative estimate of drug-likeness (QED) is 0.711. The molecule has 1 unspecified atom stereocenters. The van der Waals surface area contributed by atoms with E-state index in [9.17, 15) is 0 Å². The summed E-state index contributed by atoms with van der Waals surface area (Å²) in [6.45, 7) is 2.98. The lowest BCUT2D eigenvalue weighted by atomic mass is 10.0. The van der Waals surface area contributed by atoms with Gasteiger partial charge in [-0.3, -0.25) is 0 Å². The third-order valence-electron chi connectivity index (χ3n) is 3.41. The van der Waals surface area contributed by atoms with Gasteiger partial charge in [0.1, 0.15) is 0 Å². The van der Waals surface area contributed by atoms with Gasteiger partial charge in [-0.05, 0) is 33.9 Å². The normalized spacial score (nSPS) is 12.4. The van der Waals surface area contributed by atoms with Gasteiger partial charge in [0.2, 0.25) is 0 Å². The molecule has 0 aliphatic heterocycles. The van der Waals surface area contributed by atoms with E-state index >= 15 is 0 Å². The van der Waals surface area contributed by atoms with Crippen LogP contribution in [0, 0.1) is 0 Å². The van der Waals surface area contributed by atoms with Gasteiger partial charge in [0, 0.05) is 6.54 Å². The zero-order chi connectivity index (χ0) is 13.9. The predicted octanol–water partition coefficient (Wildman–Crippen LogP) is 3.02. The van der Waals surface area contributed by atoms with Crippen LogP contribution in [0.4, 0.5) is 11.4 Å². The fourth-order valence-electron chi connectivity index (χ4n) is 2.19. The number of anilines is 2. The minimum absolute atomic E-state index is 0.392. The highest BCUT2D eigenvalue weighted by Gasteiger charge is 2.11. The Balaban J connectivity index is 1.77. The molecule has 20 heavy (non-hydrogen) atoms. The molecule has 0 aliphatic carbocycles. The van der Waals surface area contributed by atoms with Crippen LogP contribution < -0.4 is 11.1 Å². The SMILES string of the molecule is CC(CNc1ccc(N)c2nonc12)c1ccccc1. The van der Waals surface area contributed by atoms with Crippen molar-refractivity contribution in [1.29, 1.82) is 0 Å². The van der Waals surface area contributed by atoms with Crippen molar-refractivity contribution in [3.05, 3.63) is 48.0 Å². The van der Waals surface area contributed by atoms with Crippen LogP contribution in [0.5, 0.6) is 0 Å². The van der Waals surface area contributed by atoms with Crippen LogP contribution in [0.15, 0.2) is 47.1 Å². The monoisotopic (exact) mass is 268 g/mol. The highest BCUT2D eigenvalue weighted by molar-refractivity contribution is 5.94. The summed E-state index contributed by atoms with van der Waals surface area (Å²) in [7, 11) is 0. The first-order valence-electron chi connectivity index (χ1n) is 6.55. The molecule has 2 aromatic carbocycles. The van der Waals surface area contributed by atoms with Crippen molar-refractivity contribution in [1.82, 2.24) is 10.3 Å². The lowest BCUT2D eigenvalue weighted by Gasteiger charge is -2.14. The Morgan fingerprint density at radius 1 is 1.10 bits per heavy atom. The largest absolute Gasteiger partial charge is 0.397 e. The first-order chi connectivity index (χ1) is 9.75. The van der Waals surface area contributed by atoms with Gasteiger partial charge in [-0.15, -0.1) is 0 Å². The molecule has 0 bridgehead atoms. The number of benzene rings is 2. The molecule has 102 valence electrons. The molecule has 0 fully saturated rings. The average Bonchev–Trinajstić information content (AvgIpc) is 2.98. The first-order valence-corrected chi connectivity index (χ1v) is 6.55. The number of hydrogen-bond donors (Lipinski definition) is 2. The Morgan fingerprint density at radius 3 is 2.65 bits per heavy atom. The van der Waals surface area contributed by atoms with Crippen molar-refractivity contribution >= 4 is 22.4 Å². The topological polar surface area (TPSA) is 77.0 Å². The molecule has 0 radical (unpaired) electrons. The van der Waals surface area contributed by atoms with E-state index < -0.39 is 0 Å². The van der Waals surface area contributed by atoms with E-state index in [0.717, 1.165) is 12.2 Å². The molecule has 3 aromatic rings. The van der Waals surface area contributed by atoms with Crippen molar-refractivity contribution in [3.63, 3.8) is 0 Å². The van der Waals surface area contributed by atoms with Crippen LogP contribution in [0.3, 0.4) is 0 Å². The maximum atomic E-state index is 5.83. The molecule has 1 atom stereocenters. The van der Waals surface area contributed by atoms with E-state index in [1.165, 1.54) is 5.56 Å². The second-order valence-electron chi connectivity index (χ2n) is 4.86. The summed E-state index contributed by atoms with van der Waals surface area (Å²) in [6.07, 6.45) is 0. The number of aromatic nitrogens is 2. The summed E-state index contributed by atoms with van der Waals surface area (Å²) >= 11 is 0. The van der Waals surface area contributed by atoms with Gasteiger partial charge in [-0.25, -0.2) is 4.63 Å². The molecular formula is C15H16N4O. The van der Waals surface area contributed by atoms with E-state index in [2.05, 4.69) is 46.8 Å². The first kappa shape index (κ1) is 12.5. The van der Waals surface area contributed by atoms with Gasteiger partial charge in [-0.2, -0.15) is 0 Å². The number of fused-ring (bicyclic) bond motifs is 1. The Labute approximate surface area is 116 Å². The van der Waals surface area contributed by atoms with E-state index in [1.54, 1.807) is 0 Å². The van der Waals surface area contributed by atoms with Gasteiger partial charge < -0.3 is 11.1 Å². The lowest BCUT2D eigenvalue weighted by molar-refractivity contribution is 0.315. The Morgan fingerprint density at radius 2 is 1.85 bits per heavy atom. The fourth-order valence-corrected chi connectivity index (χ4v) is 2.19. The van der Waals surface area contributed by atoms with E-state index in [-0.39, 0.29) is 0 Å². The molecule has 0 saturated heterocycles. The van der Waals surface area contributed by atoms with Gasteiger partial charge in [0.15, 0.2) is 11.0 Å². The van der Waals surface area contributed by atoms with Crippen molar-refractivity contribution in [2.45, 2.75) is 12.8 Å². The van der Waals surface area contributed by atoms with Crippen LogP contribution in [0.25, 0.3) is 11.0 Å². The number of nitrogens with one attached hydrogen (secondary N) is 1. The van der Waals surface area contributed by atoms with Crippen molar-refractivity contribution in [2.75, 3.05) is 17.6 Å². The number of nitrogens with two attached hydrogens (primary N) is 1. The number of nitrogen functional groups attached to an aromatic ring is 1. The summed E-state index contributed by atoms with van der Waals surface area (Å²) in [5.74, 6) is 0.392. The molecule has 1 aromatic heterocycles. The Hall–Kier alpha value is -2.56. The molecule has 0 spiro atoms. The summed E-state index contributed by atoms with van der Waals surface area (Å²) in [5, 5.41) is 11.1. The van der Waals surface area contributed by atoms with Crippen LogP contribution in [-0.4, -0.2) is 16.9 Å². The average molecular weight is 268 g/mol. The van der Waals surface area contributed by atoms with Gasteiger partial charge in [-0.1, -0.05) is 37.3 Å². The van der Waals surface area contributed by atoms with Crippen LogP contribution in [-0.2, 0) is 0 Å². The second-order valence-corrected chi connectivity index (χ2v) is 4.86. The van der Waals surface area contributed by atoms with Crippen molar-refractivity contribution < 1.29 is 4.63 Å². The summed E-state index contributed by atoms with van der Waals surface area (Å²) in [6, 6.07) is 14.1. The zero-order valence-corrected chi connectivity index (χ0v) is 11.2. The molecule has 0 aliphatic rings. The van der Waals surface area contributed by atoms with Gasteiger partial charge >= 0.3 is 0 Å². The third kappa shape index (κ3) is 2.30. The number of rotatable bonds is 4. The van der Waals surface area contributed by atoms with E-state index in [1.807, 2.05) is 18.2 Å². The maximum absolute atomic E-state index is 5.83. The molecule has 3 N–H and O–H groups in total. The zero-order valence-electron chi connectivity index (χ0n) is 11.2. The Bertz CT molecular complexity index is 708. The fraction of sp³-hybridized carbons (Fsp3) is 0.200. The minimum Gasteiger partial charge on any atom is -0.397 e. The van der Waals surface area contributed by atoms with Crippen LogP contribution in [0.1, 0.15) is 18.4 Å². The highest BCUT2D eigenvalue weighted by atomic mass is 16.6. The number of hydrogen-bond acceptors (Lipinski definition) is 5. The summed E-state index contributed by atoms with van der Waals surface area (Å²) < 4.78 is 4.76. The van der Waals surface area contributed by atoms with Crippen LogP contribution >= 0.6 is 0 Å². The molecular weight excluding hydrogens is 252 g/mol. The molecule has 3 rings (SSSR count). The van der Waals surface area contributed by atoms with Crippen molar-refractivity contribution in [3.8, 4) is 0 Å². The molecule has 0 saturated carbocycles. The van der Waals surface area contributed by atoms with Crippen LogP contribution in [0.2, 0.25) is 0 Å². The summed E-state index contributed by atoms with van der Waals surface area (Å²) in [4.78, 5) is 0.